The van der Waals surface area contributed by atoms with Crippen molar-refractivity contribution in [2.75, 3.05) is 6.61 Å². The number of ether oxygens (including phenoxy) is 6. The number of hydrogen-bond donors (Lipinski definition) is 6. The number of carbonyl (C=O) groups excluding carboxylic acids is 2. The van der Waals surface area contributed by atoms with Crippen LogP contribution >= 0.6 is 0 Å². The normalized spacial score (nSPS) is 35.9. The van der Waals surface area contributed by atoms with Crippen molar-refractivity contribution in [1.29, 1.82) is 0 Å². The zero-order valence-electron chi connectivity index (χ0n) is 23.3. The number of aliphatic hydroxyl groups is 5. The van der Waals surface area contributed by atoms with Gasteiger partial charge in [0, 0.05) is 19.1 Å². The van der Waals surface area contributed by atoms with Crippen molar-refractivity contribution in [1.82, 2.24) is 0 Å². The Hall–Kier alpha value is -3.34. The molecule has 0 aliphatic carbocycles. The van der Waals surface area contributed by atoms with Gasteiger partial charge in [-0.2, -0.15) is 0 Å². The molecule has 0 unspecified atom stereocenters. The lowest BCUT2D eigenvalue weighted by atomic mass is 9.95. The second-order valence-corrected chi connectivity index (χ2v) is 10.7. The third-order valence-electron chi connectivity index (χ3n) is 7.60. The predicted octanol–water partition coefficient (Wildman–Crippen LogP) is -0.300. The van der Waals surface area contributed by atoms with E-state index in [0.29, 0.717) is 0 Å². The smallest absolute Gasteiger partial charge is 0.303 e. The summed E-state index contributed by atoms with van der Waals surface area (Å²) in [5.41, 5.74) is 0.706. The minimum atomic E-state index is -1.76. The van der Waals surface area contributed by atoms with E-state index >= 15 is 0 Å². The molecule has 43 heavy (non-hydrogen) atoms. The number of fused-ring (bicyclic) bond motifs is 1. The molecule has 3 aliphatic rings. The van der Waals surface area contributed by atoms with Crippen LogP contribution in [0.25, 0.3) is 0 Å². The lowest BCUT2D eigenvalue weighted by molar-refractivity contribution is -0.355. The van der Waals surface area contributed by atoms with E-state index in [1.54, 1.807) is 24.3 Å². The van der Waals surface area contributed by atoms with E-state index in [4.69, 9.17) is 28.4 Å². The Balaban J connectivity index is 1.43. The number of phenols is 1. The Morgan fingerprint density at radius 2 is 1.65 bits per heavy atom. The zero-order valence-corrected chi connectivity index (χ0v) is 23.3. The summed E-state index contributed by atoms with van der Waals surface area (Å²) < 4.78 is 34.3. The molecule has 14 nitrogen and oxygen atoms in total. The summed E-state index contributed by atoms with van der Waals surface area (Å²) in [4.78, 5) is 24.6. The third kappa shape index (κ3) is 6.32. The van der Waals surface area contributed by atoms with Crippen LogP contribution < -0.4 is 9.47 Å². The number of esters is 1. The van der Waals surface area contributed by atoms with Crippen molar-refractivity contribution in [3.05, 3.63) is 53.6 Å². The molecule has 14 heteroatoms. The quantitative estimate of drug-likeness (QED) is 0.224. The Bertz CT molecular complexity index is 1300. The number of benzene rings is 2. The summed E-state index contributed by atoms with van der Waals surface area (Å²) in [6.07, 6.45) is -15.7. The SMILES string of the molecule is CC(=O)O[C@@H]1[C@H](O[C@H]2[C@H](Oc3cc(O)c4c(c3)O[C@@H](c3ccccc3)CC4=O)O[C@@H](CO)[C@H](O)[C@@H]2O)O[C@H](C)[C@H](O)[C@@H]1O. The standard InChI is InChI=1S/C29H34O14/c1-12-22(34)24(36)26(39-13(2)31)28(38-12)43-27-25(37)23(35)20(11-30)42-29(27)40-15-8-16(32)21-17(33)10-18(41-19(21)9-15)14-6-4-3-5-7-14/h3-9,12,18,20,22-30,32,34-37H,10-11H2,1-2H3/t12-,18-,20+,22+,23+,24+,25+,26+,27-,28+,29-/m1/s1. The molecule has 2 aromatic rings. The molecule has 11 atom stereocenters. The lowest BCUT2D eigenvalue weighted by Crippen LogP contribution is -2.65. The predicted molar refractivity (Wildman–Crippen MR) is 142 cm³/mol. The van der Waals surface area contributed by atoms with E-state index in [9.17, 15) is 40.2 Å². The average molecular weight is 607 g/mol. The molecule has 2 aromatic carbocycles. The largest absolute Gasteiger partial charge is 0.507 e. The molecule has 0 spiro atoms. The number of aromatic hydroxyl groups is 1. The molecule has 0 radical (unpaired) electrons. The van der Waals surface area contributed by atoms with E-state index in [1.807, 2.05) is 6.07 Å². The number of Topliss-reactive ketones (excluding diaryl/α,β-unsaturated/α-hetero) is 1. The molecule has 0 saturated carbocycles. The van der Waals surface area contributed by atoms with Crippen LogP contribution in [0.2, 0.25) is 0 Å². The molecular formula is C29H34O14. The van der Waals surface area contributed by atoms with Gasteiger partial charge in [-0.1, -0.05) is 30.3 Å². The molecule has 0 amide bonds. The number of aliphatic hydroxyl groups excluding tert-OH is 5. The zero-order chi connectivity index (χ0) is 31.0. The number of hydrogen-bond acceptors (Lipinski definition) is 14. The Kier molecular flexibility index (Phi) is 9.20. The highest BCUT2D eigenvalue weighted by atomic mass is 16.8. The lowest BCUT2D eigenvalue weighted by Gasteiger charge is -2.46. The van der Waals surface area contributed by atoms with Gasteiger partial charge >= 0.3 is 5.97 Å². The van der Waals surface area contributed by atoms with Gasteiger partial charge in [0.25, 0.3) is 0 Å². The first kappa shape index (κ1) is 31.1. The van der Waals surface area contributed by atoms with E-state index in [2.05, 4.69) is 0 Å². The Morgan fingerprint density at radius 3 is 2.33 bits per heavy atom. The summed E-state index contributed by atoms with van der Waals surface area (Å²) in [6.45, 7) is 1.80. The van der Waals surface area contributed by atoms with Crippen LogP contribution in [0.15, 0.2) is 42.5 Å². The maximum atomic E-state index is 12.9. The van der Waals surface area contributed by atoms with Crippen LogP contribution in [0.4, 0.5) is 0 Å². The number of rotatable bonds is 7. The van der Waals surface area contributed by atoms with E-state index in [1.165, 1.54) is 13.0 Å². The molecule has 5 rings (SSSR count). The topological polar surface area (TPSA) is 211 Å². The van der Waals surface area contributed by atoms with E-state index in [-0.39, 0.29) is 29.3 Å². The molecule has 0 bridgehead atoms. The molecule has 3 heterocycles. The van der Waals surface area contributed by atoms with Crippen LogP contribution in [0.3, 0.4) is 0 Å². The molecule has 2 fully saturated rings. The van der Waals surface area contributed by atoms with Crippen LogP contribution in [0, 0.1) is 0 Å². The minimum Gasteiger partial charge on any atom is -0.507 e. The fraction of sp³-hybridized carbons (Fsp3) is 0.517. The average Bonchev–Trinajstić information content (AvgIpc) is 2.97. The molecular weight excluding hydrogens is 572 g/mol. The first-order chi connectivity index (χ1) is 20.5. The fourth-order valence-corrected chi connectivity index (χ4v) is 5.35. The highest BCUT2D eigenvalue weighted by Gasteiger charge is 2.52. The third-order valence-corrected chi connectivity index (χ3v) is 7.60. The Labute approximate surface area is 245 Å². The first-order valence-electron chi connectivity index (χ1n) is 13.7. The number of carbonyl (C=O) groups is 2. The molecule has 3 aliphatic heterocycles. The molecule has 2 saturated heterocycles. The second kappa shape index (κ2) is 12.7. The van der Waals surface area contributed by atoms with Crippen molar-refractivity contribution < 1.29 is 68.6 Å². The van der Waals surface area contributed by atoms with Gasteiger partial charge in [-0.05, 0) is 12.5 Å². The molecule has 0 aromatic heterocycles. The van der Waals surface area contributed by atoms with Gasteiger partial charge in [0.2, 0.25) is 6.29 Å². The summed E-state index contributed by atoms with van der Waals surface area (Å²) >= 11 is 0. The van der Waals surface area contributed by atoms with Gasteiger partial charge in [0.15, 0.2) is 24.3 Å². The minimum absolute atomic E-state index is 0.00144. The molecule has 6 N–H and O–H groups in total. The van der Waals surface area contributed by atoms with Gasteiger partial charge in [0.05, 0.1) is 19.1 Å². The highest BCUT2D eigenvalue weighted by Crippen LogP contribution is 2.43. The van der Waals surface area contributed by atoms with E-state index in [0.717, 1.165) is 18.6 Å². The maximum absolute atomic E-state index is 12.9. The van der Waals surface area contributed by atoms with Crippen LogP contribution in [0.5, 0.6) is 17.2 Å². The maximum Gasteiger partial charge on any atom is 0.303 e. The highest BCUT2D eigenvalue weighted by molar-refractivity contribution is 6.02. The number of phenolic OH excluding ortho intramolecular Hbond substituents is 1. The fourth-order valence-electron chi connectivity index (χ4n) is 5.35. The summed E-state index contributed by atoms with van der Waals surface area (Å²) in [5.74, 6) is -1.66. The van der Waals surface area contributed by atoms with Crippen molar-refractivity contribution >= 4 is 11.8 Å². The Morgan fingerprint density at radius 1 is 0.953 bits per heavy atom. The van der Waals surface area contributed by atoms with E-state index < -0.39 is 85.8 Å². The van der Waals surface area contributed by atoms with Gasteiger partial charge in [0.1, 0.15) is 59.4 Å². The second-order valence-electron chi connectivity index (χ2n) is 10.7. The summed E-state index contributed by atoms with van der Waals surface area (Å²) in [6, 6.07) is 11.5. The van der Waals surface area contributed by atoms with Crippen molar-refractivity contribution in [2.45, 2.75) is 87.8 Å². The van der Waals surface area contributed by atoms with Gasteiger partial charge < -0.3 is 59.1 Å². The van der Waals surface area contributed by atoms with Crippen molar-refractivity contribution in [3.63, 3.8) is 0 Å². The summed E-state index contributed by atoms with van der Waals surface area (Å²) in [7, 11) is 0. The van der Waals surface area contributed by atoms with Gasteiger partial charge in [-0.3, -0.25) is 9.59 Å². The van der Waals surface area contributed by atoms with Crippen LogP contribution in [-0.4, -0.2) is 110 Å². The monoisotopic (exact) mass is 606 g/mol. The number of ketones is 1. The van der Waals surface area contributed by atoms with Crippen LogP contribution in [-0.2, 0) is 23.7 Å². The first-order valence-corrected chi connectivity index (χ1v) is 13.7. The van der Waals surface area contributed by atoms with Gasteiger partial charge in [-0.25, -0.2) is 0 Å². The van der Waals surface area contributed by atoms with Crippen molar-refractivity contribution in [3.8, 4) is 17.2 Å². The van der Waals surface area contributed by atoms with Crippen LogP contribution in [0.1, 0.15) is 42.3 Å². The molecule has 234 valence electrons. The van der Waals surface area contributed by atoms with Gasteiger partial charge in [-0.15, -0.1) is 0 Å². The summed E-state index contributed by atoms with van der Waals surface area (Å²) in [5, 5.41) is 62.8. The van der Waals surface area contributed by atoms with Crippen molar-refractivity contribution in [2.24, 2.45) is 0 Å².